The molecular formula is C66H55N5+2. The first-order valence-electron chi connectivity index (χ1n) is 24.6. The van der Waals surface area contributed by atoms with Crippen LogP contribution in [0.15, 0.2) is 225 Å². The molecule has 0 unspecified atom stereocenters. The molecule has 2 aromatic heterocycles. The van der Waals surface area contributed by atoms with Crippen LogP contribution in [0.4, 0.5) is 39.8 Å². The van der Waals surface area contributed by atoms with Gasteiger partial charge in [0.1, 0.15) is 5.82 Å². The summed E-state index contributed by atoms with van der Waals surface area (Å²) in [5.41, 5.74) is 16.5. The number of pyridine rings is 1. The van der Waals surface area contributed by atoms with Crippen LogP contribution in [0.3, 0.4) is 0 Å². The highest BCUT2D eigenvalue weighted by Gasteiger charge is 2.41. The molecular weight excluding hydrogens is 863 g/mol. The van der Waals surface area contributed by atoms with Crippen molar-refractivity contribution in [3.05, 3.63) is 236 Å². The Morgan fingerprint density at radius 2 is 1.04 bits per heavy atom. The molecule has 0 saturated carbocycles. The van der Waals surface area contributed by atoms with E-state index in [1.54, 1.807) is 0 Å². The van der Waals surface area contributed by atoms with Crippen molar-refractivity contribution in [2.45, 2.75) is 52.4 Å². The first-order valence-corrected chi connectivity index (χ1v) is 24.6. The largest absolute Gasteiger partial charge is 0.503 e. The SMILES string of the molecule is CC(C)(C)c1cccc(C(C)(C)C)c1N(c1cccc([N+]2=C=[N+](c3c(-c4ccccc4)cccc3-c3ccccc3)c3c2ccc2ccccc32)c1)c1ccc2c3ccccc3n(-c3ccccn3)c2c1. The number of hydrogen-bond donors (Lipinski definition) is 0. The third kappa shape index (κ3) is 7.54. The number of fused-ring (bicyclic) bond motifs is 6. The Kier molecular flexibility index (Phi) is 10.5. The minimum absolute atomic E-state index is 0.182. The van der Waals surface area contributed by atoms with Gasteiger partial charge >= 0.3 is 11.7 Å². The lowest BCUT2D eigenvalue weighted by Crippen LogP contribution is -2.24. The highest BCUT2D eigenvalue weighted by molar-refractivity contribution is 6.11. The van der Waals surface area contributed by atoms with E-state index in [0.29, 0.717) is 0 Å². The van der Waals surface area contributed by atoms with Crippen LogP contribution in [-0.2, 0) is 10.8 Å². The number of benzene rings is 9. The Bertz CT molecular complexity index is 3830. The molecule has 71 heavy (non-hydrogen) atoms. The average Bonchev–Trinajstić information content (AvgIpc) is 3.95. The predicted molar refractivity (Wildman–Crippen MR) is 300 cm³/mol. The molecule has 0 saturated heterocycles. The van der Waals surface area contributed by atoms with Gasteiger partial charge in [-0.2, -0.15) is 0 Å². The number of nitrogens with zero attached hydrogens (tertiary/aromatic N) is 5. The van der Waals surface area contributed by atoms with Gasteiger partial charge in [-0.15, -0.1) is 0 Å². The Balaban J connectivity index is 1.15. The molecule has 11 aromatic rings. The minimum atomic E-state index is -0.182. The second kappa shape index (κ2) is 17.1. The Hall–Kier alpha value is -8.63. The van der Waals surface area contributed by atoms with Gasteiger partial charge in [0.05, 0.1) is 38.9 Å². The minimum Gasteiger partial charge on any atom is -0.310 e. The lowest BCUT2D eigenvalue weighted by atomic mass is 9.78. The molecule has 0 N–H and O–H groups in total. The fourth-order valence-electron chi connectivity index (χ4n) is 10.7. The maximum atomic E-state index is 4.90. The van der Waals surface area contributed by atoms with E-state index < -0.39 is 0 Å². The van der Waals surface area contributed by atoms with E-state index in [2.05, 4.69) is 278 Å². The number of anilines is 3. The molecule has 0 spiro atoms. The zero-order valence-electron chi connectivity index (χ0n) is 41.1. The molecule has 0 atom stereocenters. The number of rotatable bonds is 8. The predicted octanol–water partition coefficient (Wildman–Crippen LogP) is 17.6. The molecule has 5 heteroatoms. The van der Waals surface area contributed by atoms with Gasteiger partial charge in [-0.05, 0) is 108 Å². The standard InChI is InChI=1S/C66H55N5/c1-65(2,3)56-33-21-34-57(66(4,5)6)64(56)70(50-38-39-55-54-30-15-16-35-58(54)71(60(55)43-50)61-36-17-18-41-67-61)49-28-19-27-48(42-49)68-44-69(63-53-29-14-13-26-47(53)37-40-59(63)68)62-51(45-22-9-7-10-23-45)31-20-32-52(62)46-24-11-8-12-25-46/h7-43H,1-6H3/q+2. The second-order valence-electron chi connectivity index (χ2n) is 20.7. The van der Waals surface area contributed by atoms with Gasteiger partial charge in [0.2, 0.25) is 11.4 Å². The normalized spacial score (nSPS) is 12.6. The number of hydrogen-bond acceptors (Lipinski definition) is 2. The van der Waals surface area contributed by atoms with Crippen molar-refractivity contribution in [2.24, 2.45) is 0 Å². The van der Waals surface area contributed by atoms with E-state index >= 15 is 0 Å². The summed E-state index contributed by atoms with van der Waals surface area (Å²) in [6.07, 6.45) is 1.88. The van der Waals surface area contributed by atoms with Crippen LogP contribution >= 0.6 is 0 Å². The summed E-state index contributed by atoms with van der Waals surface area (Å²) in [6.45, 7) is 14.0. The van der Waals surface area contributed by atoms with E-state index in [0.717, 1.165) is 78.6 Å². The van der Waals surface area contributed by atoms with Crippen LogP contribution in [0.1, 0.15) is 52.7 Å². The highest BCUT2D eigenvalue weighted by atomic mass is 15.2. The molecule has 9 aromatic carbocycles. The van der Waals surface area contributed by atoms with Gasteiger partial charge in [-0.1, -0.05) is 181 Å². The lowest BCUT2D eigenvalue weighted by molar-refractivity contribution is 0.570. The maximum absolute atomic E-state index is 4.90. The Morgan fingerprint density at radius 3 is 1.72 bits per heavy atom. The maximum Gasteiger partial charge on any atom is 0.503 e. The molecule has 1 aliphatic heterocycles. The molecule has 5 nitrogen and oxygen atoms in total. The third-order valence-electron chi connectivity index (χ3n) is 14.0. The van der Waals surface area contributed by atoms with Crippen LogP contribution in [0.2, 0.25) is 0 Å². The van der Waals surface area contributed by atoms with Crippen LogP contribution in [0, 0.1) is 0 Å². The van der Waals surface area contributed by atoms with Crippen molar-refractivity contribution in [1.29, 1.82) is 0 Å². The van der Waals surface area contributed by atoms with Crippen molar-refractivity contribution in [2.75, 3.05) is 4.90 Å². The smallest absolute Gasteiger partial charge is 0.310 e. The van der Waals surface area contributed by atoms with Crippen molar-refractivity contribution >= 4 is 78.4 Å². The first-order chi connectivity index (χ1) is 34.5. The van der Waals surface area contributed by atoms with E-state index in [-0.39, 0.29) is 10.8 Å². The second-order valence-corrected chi connectivity index (χ2v) is 20.7. The van der Waals surface area contributed by atoms with Gasteiger partial charge in [0, 0.05) is 40.9 Å². The summed E-state index contributed by atoms with van der Waals surface area (Å²) < 4.78 is 6.90. The number of aromatic nitrogens is 2. The molecule has 0 amide bonds. The summed E-state index contributed by atoms with van der Waals surface area (Å²) in [7, 11) is 0. The topological polar surface area (TPSA) is 27.1 Å². The van der Waals surface area contributed by atoms with Crippen LogP contribution in [-0.4, -0.2) is 15.6 Å². The molecule has 1 aliphatic rings. The first kappa shape index (κ1) is 43.6. The van der Waals surface area contributed by atoms with Crippen LogP contribution < -0.4 is 14.1 Å². The summed E-state index contributed by atoms with van der Waals surface area (Å²) in [5, 5.41) is 4.70. The summed E-state index contributed by atoms with van der Waals surface area (Å²) in [6, 6.07) is 83.1. The van der Waals surface area contributed by atoms with Gasteiger partial charge in [-0.3, -0.25) is 4.57 Å². The van der Waals surface area contributed by atoms with Crippen LogP contribution in [0.25, 0.3) is 60.6 Å². The molecule has 3 heterocycles. The van der Waals surface area contributed by atoms with Crippen molar-refractivity contribution in [3.8, 4) is 28.1 Å². The van der Waals surface area contributed by atoms with E-state index in [1.165, 1.54) is 33.0 Å². The highest BCUT2D eigenvalue weighted by Crippen LogP contribution is 2.50. The van der Waals surface area contributed by atoms with Crippen molar-refractivity contribution in [1.82, 2.24) is 18.7 Å². The Labute approximate surface area is 416 Å². The van der Waals surface area contributed by atoms with Crippen molar-refractivity contribution < 1.29 is 0 Å². The average molecular weight is 918 g/mol. The van der Waals surface area contributed by atoms with E-state index in [1.807, 2.05) is 12.3 Å². The summed E-state index contributed by atoms with van der Waals surface area (Å²) >= 11 is 0. The number of para-hydroxylation sites is 3. The molecule has 0 radical (unpaired) electrons. The summed E-state index contributed by atoms with van der Waals surface area (Å²) in [4.78, 5) is 7.42. The van der Waals surface area contributed by atoms with E-state index in [4.69, 9.17) is 4.98 Å². The molecule has 12 rings (SSSR count). The van der Waals surface area contributed by atoms with Gasteiger partial charge < -0.3 is 4.90 Å². The van der Waals surface area contributed by atoms with E-state index in [9.17, 15) is 0 Å². The fourth-order valence-corrected chi connectivity index (χ4v) is 10.7. The molecule has 0 aliphatic carbocycles. The zero-order chi connectivity index (χ0) is 48.4. The fraction of sp³-hybridized carbons (Fsp3) is 0.121. The molecule has 0 bridgehead atoms. The van der Waals surface area contributed by atoms with Crippen molar-refractivity contribution in [3.63, 3.8) is 0 Å². The molecule has 342 valence electrons. The Morgan fingerprint density at radius 1 is 0.451 bits per heavy atom. The van der Waals surface area contributed by atoms with Gasteiger partial charge in [-0.25, -0.2) is 4.98 Å². The third-order valence-corrected chi connectivity index (χ3v) is 14.0. The monoisotopic (exact) mass is 917 g/mol. The molecule has 0 fully saturated rings. The van der Waals surface area contributed by atoms with Crippen LogP contribution in [0.5, 0.6) is 0 Å². The van der Waals surface area contributed by atoms with Gasteiger partial charge in [0.25, 0.3) is 5.69 Å². The summed E-state index contributed by atoms with van der Waals surface area (Å²) in [5.74, 6) is 0.884. The lowest BCUT2D eigenvalue weighted by Gasteiger charge is -2.37. The van der Waals surface area contributed by atoms with Gasteiger partial charge in [0.15, 0.2) is 0 Å². The quantitative estimate of drug-likeness (QED) is 0.142. The zero-order valence-corrected chi connectivity index (χ0v) is 41.1.